The van der Waals surface area contributed by atoms with Crippen molar-refractivity contribution in [2.45, 2.75) is 17.6 Å². The van der Waals surface area contributed by atoms with E-state index >= 15 is 0 Å². The second kappa shape index (κ2) is 8.05. The van der Waals surface area contributed by atoms with Gasteiger partial charge in [-0.25, -0.2) is 14.8 Å². The van der Waals surface area contributed by atoms with E-state index in [2.05, 4.69) is 25.3 Å². The maximum absolute atomic E-state index is 13.0. The van der Waals surface area contributed by atoms with E-state index in [9.17, 15) is 9.59 Å². The van der Waals surface area contributed by atoms with Crippen LogP contribution < -0.4 is 20.9 Å². The molecule has 31 heavy (non-hydrogen) atoms. The van der Waals surface area contributed by atoms with Gasteiger partial charge in [-0.1, -0.05) is 0 Å². The first-order chi connectivity index (χ1) is 15.1. The zero-order chi connectivity index (χ0) is 21.4. The third kappa shape index (κ3) is 3.99. The highest BCUT2D eigenvalue weighted by molar-refractivity contribution is 7.99. The lowest BCUT2D eigenvalue weighted by Gasteiger charge is -2.09. The number of carbonyl (C=O) groups excluding carboxylic acids is 1. The van der Waals surface area contributed by atoms with Gasteiger partial charge in [-0.2, -0.15) is 0 Å². The minimum atomic E-state index is -0.349. The molecule has 1 aromatic carbocycles. The van der Waals surface area contributed by atoms with Crippen molar-refractivity contribution in [3.05, 3.63) is 69.7 Å². The van der Waals surface area contributed by atoms with Crippen LogP contribution in [0.4, 0.5) is 16.2 Å². The lowest BCUT2D eigenvalue weighted by atomic mass is 10.1. The molecule has 3 aromatic heterocycles. The van der Waals surface area contributed by atoms with Gasteiger partial charge in [-0.15, -0.1) is 11.3 Å². The molecule has 5 rings (SSSR count). The fraction of sp³-hybridized carbons (Fsp3) is 0.143. The number of urea groups is 1. The summed E-state index contributed by atoms with van der Waals surface area (Å²) in [6.45, 7) is 2.89. The number of nitrogens with zero attached hydrogens (tertiary/aromatic N) is 3. The molecule has 4 heterocycles. The van der Waals surface area contributed by atoms with E-state index in [0.29, 0.717) is 22.4 Å². The van der Waals surface area contributed by atoms with E-state index < -0.39 is 0 Å². The number of pyridine rings is 1. The van der Waals surface area contributed by atoms with Gasteiger partial charge in [0.1, 0.15) is 12.1 Å². The van der Waals surface area contributed by atoms with Crippen LogP contribution in [-0.4, -0.2) is 27.1 Å². The van der Waals surface area contributed by atoms with Crippen molar-refractivity contribution in [1.82, 2.24) is 19.3 Å². The molecule has 4 aromatic rings. The molecule has 0 fully saturated rings. The highest BCUT2D eigenvalue weighted by atomic mass is 32.2. The molecular formula is C21H18N6O2S2. The number of fused-ring (bicyclic) bond motifs is 2. The van der Waals surface area contributed by atoms with Crippen LogP contribution in [0.3, 0.4) is 0 Å². The highest BCUT2D eigenvalue weighted by Crippen LogP contribution is 2.26. The quantitative estimate of drug-likeness (QED) is 0.407. The molecular weight excluding hydrogens is 432 g/mol. The maximum Gasteiger partial charge on any atom is 0.329 e. The summed E-state index contributed by atoms with van der Waals surface area (Å²) in [6, 6.07) is 10.8. The smallest absolute Gasteiger partial charge is 0.329 e. The molecule has 3 N–H and O–H groups in total. The lowest BCUT2D eigenvalue weighted by molar-refractivity contribution is 0.257. The molecule has 0 atom stereocenters. The number of carbonyl (C=O) groups is 1. The van der Waals surface area contributed by atoms with Gasteiger partial charge in [0, 0.05) is 17.1 Å². The van der Waals surface area contributed by atoms with Gasteiger partial charge in [0.05, 0.1) is 27.0 Å². The number of hydrogen-bond donors (Lipinski definition) is 3. The Hall–Kier alpha value is -3.37. The normalized spacial score (nSPS) is 12.4. The van der Waals surface area contributed by atoms with Crippen LogP contribution in [0.15, 0.2) is 57.9 Å². The second-order valence-corrected chi connectivity index (χ2v) is 9.45. The minimum Gasteiger partial charge on any atom is -0.384 e. The van der Waals surface area contributed by atoms with E-state index in [1.165, 1.54) is 33.9 Å². The molecule has 0 bridgehead atoms. The summed E-state index contributed by atoms with van der Waals surface area (Å²) in [5.74, 6) is 0.437. The van der Waals surface area contributed by atoms with Crippen molar-refractivity contribution in [2.24, 2.45) is 0 Å². The molecule has 8 nitrogen and oxygen atoms in total. The number of aromatic nitrogens is 3. The van der Waals surface area contributed by atoms with Gasteiger partial charge in [-0.05, 0) is 67.3 Å². The molecule has 156 valence electrons. The number of anilines is 2. The number of thiophene rings is 1. The predicted molar refractivity (Wildman–Crippen MR) is 124 cm³/mol. The minimum absolute atomic E-state index is 0.173. The molecule has 0 radical (unpaired) electrons. The second-order valence-electron chi connectivity index (χ2n) is 7.05. The van der Waals surface area contributed by atoms with E-state index in [1.54, 1.807) is 23.5 Å². The van der Waals surface area contributed by atoms with Crippen LogP contribution in [0.25, 0.3) is 16.7 Å². The summed E-state index contributed by atoms with van der Waals surface area (Å²) in [7, 11) is 0. The zero-order valence-corrected chi connectivity index (χ0v) is 18.1. The Labute approximate surface area is 185 Å². The summed E-state index contributed by atoms with van der Waals surface area (Å²) in [5, 5.41) is 6.59. The van der Waals surface area contributed by atoms with Crippen LogP contribution in [0.1, 0.15) is 10.4 Å². The Balaban J connectivity index is 1.32. The first-order valence-electron chi connectivity index (χ1n) is 9.62. The Morgan fingerprint density at radius 2 is 2.13 bits per heavy atom. The lowest BCUT2D eigenvalue weighted by Crippen LogP contribution is -2.23. The summed E-state index contributed by atoms with van der Waals surface area (Å²) < 4.78 is 5.15. The zero-order valence-electron chi connectivity index (χ0n) is 16.5. The van der Waals surface area contributed by atoms with Crippen molar-refractivity contribution in [1.29, 1.82) is 0 Å². The molecule has 0 aliphatic carbocycles. The van der Waals surface area contributed by atoms with Crippen molar-refractivity contribution in [3.63, 3.8) is 0 Å². The fourth-order valence-corrected chi connectivity index (χ4v) is 5.06. The first-order valence-corrected chi connectivity index (χ1v) is 11.2. The monoisotopic (exact) mass is 450 g/mol. The Bertz CT molecular complexity index is 1350. The number of rotatable bonds is 4. The number of aryl methyl sites for hydroxylation is 1. The summed E-state index contributed by atoms with van der Waals surface area (Å²) in [4.78, 5) is 35.0. The molecule has 0 saturated carbocycles. The van der Waals surface area contributed by atoms with Gasteiger partial charge in [0.25, 0.3) is 5.56 Å². The van der Waals surface area contributed by atoms with Crippen molar-refractivity contribution in [2.75, 3.05) is 17.2 Å². The third-order valence-electron chi connectivity index (χ3n) is 4.91. The topological polar surface area (TPSA) is 101 Å². The van der Waals surface area contributed by atoms with Crippen molar-refractivity contribution >= 4 is 51.6 Å². The highest BCUT2D eigenvalue weighted by Gasteiger charge is 2.15. The average Bonchev–Trinajstić information content (AvgIpc) is 3.40. The number of nitrogens with one attached hydrogen (secondary N) is 3. The molecule has 0 spiro atoms. The summed E-state index contributed by atoms with van der Waals surface area (Å²) >= 11 is 2.87. The molecule has 1 aliphatic rings. The largest absolute Gasteiger partial charge is 0.384 e. The molecule has 2 amide bonds. The van der Waals surface area contributed by atoms with Gasteiger partial charge >= 0.3 is 6.03 Å². The SMILES string of the molecule is Cc1ccc(SNC(=O)Nc2ccc(-n3cnc4cc5c(cc4c3=O)CCN5)nc2)s1. The molecule has 10 heteroatoms. The van der Waals surface area contributed by atoms with Gasteiger partial charge in [0.2, 0.25) is 0 Å². The van der Waals surface area contributed by atoms with Crippen LogP contribution >= 0.6 is 23.3 Å². The number of hydrogen-bond acceptors (Lipinski definition) is 7. The maximum atomic E-state index is 13.0. The van der Waals surface area contributed by atoms with Gasteiger partial charge in [0.15, 0.2) is 0 Å². The van der Waals surface area contributed by atoms with Gasteiger partial charge in [-0.3, -0.25) is 14.1 Å². The first kappa shape index (κ1) is 19.6. The van der Waals surface area contributed by atoms with Crippen molar-refractivity contribution in [3.8, 4) is 5.82 Å². The van der Waals surface area contributed by atoms with Gasteiger partial charge < -0.3 is 10.6 Å². The van der Waals surface area contributed by atoms with Crippen LogP contribution in [0, 0.1) is 6.92 Å². The predicted octanol–water partition coefficient (Wildman–Crippen LogP) is 3.95. The van der Waals surface area contributed by atoms with E-state index in [0.717, 1.165) is 28.4 Å². The van der Waals surface area contributed by atoms with Crippen LogP contribution in [-0.2, 0) is 6.42 Å². The molecule has 0 unspecified atom stereocenters. The fourth-order valence-electron chi connectivity index (χ4n) is 3.40. The van der Waals surface area contributed by atoms with E-state index in [-0.39, 0.29) is 11.6 Å². The van der Waals surface area contributed by atoms with Crippen LogP contribution in [0.2, 0.25) is 0 Å². The Kier molecular flexibility index (Phi) is 5.08. The Morgan fingerprint density at radius 3 is 2.90 bits per heavy atom. The standard InChI is InChI=1S/C21H18N6O2S2/c1-12-2-5-19(30-12)31-26-21(29)25-14-3-4-18(23-10-14)27-11-24-17-9-16-13(6-7-22-16)8-15(17)20(27)28/h2-5,8-11,22H,6-7H2,1H3,(H2,25,26,29). The third-order valence-corrected chi connectivity index (χ3v) is 6.83. The summed E-state index contributed by atoms with van der Waals surface area (Å²) in [5.41, 5.74) is 3.17. The van der Waals surface area contributed by atoms with Crippen LogP contribution in [0.5, 0.6) is 0 Å². The van der Waals surface area contributed by atoms with Crippen molar-refractivity contribution < 1.29 is 4.79 Å². The molecule has 0 saturated heterocycles. The molecule has 1 aliphatic heterocycles. The number of benzene rings is 1. The van der Waals surface area contributed by atoms with E-state index in [4.69, 9.17) is 0 Å². The Morgan fingerprint density at radius 1 is 1.23 bits per heavy atom. The van der Waals surface area contributed by atoms with E-state index in [1.807, 2.05) is 31.2 Å². The number of amides is 2. The average molecular weight is 451 g/mol. The summed E-state index contributed by atoms with van der Waals surface area (Å²) in [6.07, 6.45) is 3.89.